The molecule has 0 saturated carbocycles. The van der Waals surface area contributed by atoms with Gasteiger partial charge in [0.2, 0.25) is 0 Å². The van der Waals surface area contributed by atoms with Gasteiger partial charge in [-0.3, -0.25) is 0 Å². The Hall–Kier alpha value is -1.14. The maximum Gasteiger partial charge on any atom is 0.152 e. The zero-order valence-corrected chi connectivity index (χ0v) is 10.3. The highest BCUT2D eigenvalue weighted by Gasteiger charge is 2.50. The fraction of sp³-hybridized carbons (Fsp3) is 0.455. The number of methoxy groups -OCH3 is 1. The van der Waals surface area contributed by atoms with E-state index in [0.717, 1.165) is 0 Å². The first-order chi connectivity index (χ1) is 7.92. The van der Waals surface area contributed by atoms with Crippen LogP contribution in [0.3, 0.4) is 0 Å². The summed E-state index contributed by atoms with van der Waals surface area (Å²) in [5.41, 5.74) is 5.49. The monoisotopic (exact) mass is 259 g/mol. The minimum Gasteiger partial charge on any atom is -0.496 e. The van der Waals surface area contributed by atoms with Gasteiger partial charge in [0.1, 0.15) is 11.6 Å². The molecule has 0 bridgehead atoms. The molecule has 0 aliphatic carbocycles. The molecule has 94 valence electrons. The van der Waals surface area contributed by atoms with Crippen LogP contribution in [-0.4, -0.2) is 33.6 Å². The molecule has 0 amide bonds. The van der Waals surface area contributed by atoms with Crippen molar-refractivity contribution in [1.29, 1.82) is 0 Å². The Labute approximate surface area is 99.5 Å². The first-order valence-electron chi connectivity index (χ1n) is 5.17. The van der Waals surface area contributed by atoms with E-state index in [1.807, 2.05) is 0 Å². The van der Waals surface area contributed by atoms with Crippen LogP contribution in [0, 0.1) is 5.82 Å². The number of nitrogens with two attached hydrogens (primary N) is 1. The first kappa shape index (κ1) is 12.3. The molecule has 1 aromatic carbocycles. The molecule has 2 rings (SSSR count). The van der Waals surface area contributed by atoms with Gasteiger partial charge in [0.15, 0.2) is 9.84 Å². The quantitative estimate of drug-likeness (QED) is 0.856. The summed E-state index contributed by atoms with van der Waals surface area (Å²) in [6, 6.07) is 4.08. The lowest BCUT2D eigenvalue weighted by molar-refractivity contribution is 0.384. The fourth-order valence-corrected chi connectivity index (χ4v) is 4.42. The van der Waals surface area contributed by atoms with E-state index in [4.69, 9.17) is 10.5 Å². The topological polar surface area (TPSA) is 69.4 Å². The van der Waals surface area contributed by atoms with Crippen LogP contribution >= 0.6 is 0 Å². The van der Waals surface area contributed by atoms with Gasteiger partial charge in [0, 0.05) is 17.5 Å². The first-order valence-corrected chi connectivity index (χ1v) is 6.99. The summed E-state index contributed by atoms with van der Waals surface area (Å²) in [5.74, 6) is -0.0308. The smallest absolute Gasteiger partial charge is 0.152 e. The molecule has 2 N–H and O–H groups in total. The number of sulfone groups is 1. The van der Waals surface area contributed by atoms with E-state index in [0.29, 0.717) is 11.3 Å². The third-order valence-corrected chi connectivity index (χ3v) is 5.10. The molecular formula is C11H14FNO3S. The molecule has 1 fully saturated rings. The van der Waals surface area contributed by atoms with Crippen LogP contribution in [0.4, 0.5) is 4.39 Å². The molecule has 1 saturated heterocycles. The predicted octanol–water partition coefficient (Wildman–Crippen LogP) is 0.459. The standard InChI is InChI=1S/C11H14FNO3S/c1-16-10-3-2-8(12)4-9(10)11(5-13)6-17(14,15)7-11/h2-4H,5-7,13H2,1H3. The molecular weight excluding hydrogens is 245 g/mol. The van der Waals surface area contributed by atoms with E-state index in [9.17, 15) is 12.8 Å². The normalized spacial score (nSPS) is 20.6. The summed E-state index contributed by atoms with van der Waals surface area (Å²) >= 11 is 0. The average Bonchev–Trinajstić information content (AvgIpc) is 2.25. The van der Waals surface area contributed by atoms with Crippen LogP contribution in [-0.2, 0) is 15.3 Å². The van der Waals surface area contributed by atoms with E-state index in [1.54, 1.807) is 0 Å². The summed E-state index contributed by atoms with van der Waals surface area (Å²) < 4.78 is 41.1. The van der Waals surface area contributed by atoms with Crippen molar-refractivity contribution >= 4 is 9.84 Å². The van der Waals surface area contributed by atoms with Crippen molar-refractivity contribution in [1.82, 2.24) is 0 Å². The molecule has 1 aliphatic rings. The van der Waals surface area contributed by atoms with Crippen molar-refractivity contribution < 1.29 is 17.5 Å². The number of rotatable bonds is 3. The number of hydrogen-bond donors (Lipinski definition) is 1. The zero-order valence-electron chi connectivity index (χ0n) is 9.44. The molecule has 0 aromatic heterocycles. The maximum atomic E-state index is 13.3. The molecule has 0 unspecified atom stereocenters. The molecule has 1 aliphatic heterocycles. The molecule has 0 atom stereocenters. The SMILES string of the molecule is COc1ccc(F)cc1C1(CN)CS(=O)(=O)C1. The Kier molecular flexibility index (Phi) is 2.87. The summed E-state index contributed by atoms with van der Waals surface area (Å²) in [5, 5.41) is 0. The van der Waals surface area contributed by atoms with E-state index >= 15 is 0 Å². The van der Waals surface area contributed by atoms with Gasteiger partial charge in [-0.15, -0.1) is 0 Å². The largest absolute Gasteiger partial charge is 0.496 e. The number of ether oxygens (including phenoxy) is 1. The van der Waals surface area contributed by atoms with Crippen molar-refractivity contribution in [2.24, 2.45) is 5.73 Å². The summed E-state index contributed by atoms with van der Waals surface area (Å²) in [7, 11) is -1.58. The Morgan fingerprint density at radius 1 is 1.47 bits per heavy atom. The Morgan fingerprint density at radius 3 is 2.59 bits per heavy atom. The minimum absolute atomic E-state index is 0.0453. The van der Waals surface area contributed by atoms with Crippen molar-refractivity contribution in [2.45, 2.75) is 5.41 Å². The van der Waals surface area contributed by atoms with Crippen molar-refractivity contribution in [3.8, 4) is 5.75 Å². The van der Waals surface area contributed by atoms with Crippen LogP contribution in [0.2, 0.25) is 0 Å². The van der Waals surface area contributed by atoms with Crippen LogP contribution < -0.4 is 10.5 Å². The Morgan fingerprint density at radius 2 is 2.12 bits per heavy atom. The van der Waals surface area contributed by atoms with Gasteiger partial charge in [-0.25, -0.2) is 12.8 Å². The van der Waals surface area contributed by atoms with Gasteiger partial charge in [0.25, 0.3) is 0 Å². The number of hydrogen-bond acceptors (Lipinski definition) is 4. The van der Waals surface area contributed by atoms with E-state index in [-0.39, 0.29) is 18.1 Å². The molecule has 0 radical (unpaired) electrons. The number of halogens is 1. The molecule has 1 aromatic rings. The lowest BCUT2D eigenvalue weighted by Gasteiger charge is -2.41. The van der Waals surface area contributed by atoms with Gasteiger partial charge in [-0.05, 0) is 18.2 Å². The average molecular weight is 259 g/mol. The maximum absolute atomic E-state index is 13.3. The number of benzene rings is 1. The molecule has 4 nitrogen and oxygen atoms in total. The van der Waals surface area contributed by atoms with Crippen molar-refractivity contribution in [2.75, 3.05) is 25.2 Å². The summed E-state index contributed by atoms with van der Waals surface area (Å²) in [6.45, 7) is 0.159. The second kappa shape index (κ2) is 3.96. The van der Waals surface area contributed by atoms with E-state index < -0.39 is 21.1 Å². The summed E-state index contributed by atoms with van der Waals surface area (Å²) in [4.78, 5) is 0. The highest BCUT2D eigenvalue weighted by atomic mass is 32.2. The minimum atomic E-state index is -3.05. The van der Waals surface area contributed by atoms with Crippen LogP contribution in [0.25, 0.3) is 0 Å². The molecule has 17 heavy (non-hydrogen) atoms. The molecule has 1 heterocycles. The van der Waals surface area contributed by atoms with Crippen LogP contribution in [0.5, 0.6) is 5.75 Å². The summed E-state index contributed by atoms with van der Waals surface area (Å²) in [6.07, 6.45) is 0. The highest BCUT2D eigenvalue weighted by Crippen LogP contribution is 2.40. The van der Waals surface area contributed by atoms with Crippen molar-refractivity contribution in [3.05, 3.63) is 29.6 Å². The van der Waals surface area contributed by atoms with E-state index in [2.05, 4.69) is 0 Å². The lowest BCUT2D eigenvalue weighted by atomic mass is 9.82. The Balaban J connectivity index is 2.48. The second-order valence-corrected chi connectivity index (χ2v) is 6.43. The molecule has 0 spiro atoms. The van der Waals surface area contributed by atoms with Gasteiger partial charge in [-0.2, -0.15) is 0 Å². The molecule has 6 heteroatoms. The van der Waals surface area contributed by atoms with E-state index in [1.165, 1.54) is 25.3 Å². The van der Waals surface area contributed by atoms with Crippen molar-refractivity contribution in [3.63, 3.8) is 0 Å². The zero-order chi connectivity index (χ0) is 12.7. The predicted molar refractivity (Wildman–Crippen MR) is 62.3 cm³/mol. The third kappa shape index (κ3) is 2.02. The van der Waals surface area contributed by atoms with Crippen LogP contribution in [0.1, 0.15) is 5.56 Å². The highest BCUT2D eigenvalue weighted by molar-refractivity contribution is 7.93. The second-order valence-electron chi connectivity index (χ2n) is 4.36. The van der Waals surface area contributed by atoms with Gasteiger partial charge < -0.3 is 10.5 Å². The Bertz CT molecular complexity index is 530. The van der Waals surface area contributed by atoms with Crippen LogP contribution in [0.15, 0.2) is 18.2 Å². The third-order valence-electron chi connectivity index (χ3n) is 3.12. The van der Waals surface area contributed by atoms with Gasteiger partial charge in [0.05, 0.1) is 18.6 Å². The lowest BCUT2D eigenvalue weighted by Crippen LogP contribution is -2.56. The van der Waals surface area contributed by atoms with Gasteiger partial charge in [-0.1, -0.05) is 0 Å². The van der Waals surface area contributed by atoms with Gasteiger partial charge >= 0.3 is 0 Å². The fourth-order valence-electron chi connectivity index (χ4n) is 2.28.